The van der Waals surface area contributed by atoms with Gasteiger partial charge in [0, 0.05) is 6.54 Å². The van der Waals surface area contributed by atoms with E-state index >= 15 is 0 Å². The molecule has 0 aliphatic carbocycles. The lowest BCUT2D eigenvalue weighted by atomic mass is 10.0. The molecule has 3 nitrogen and oxygen atoms in total. The number of hydrogen-bond acceptors (Lipinski definition) is 3. The Morgan fingerprint density at radius 3 is 2.59 bits per heavy atom. The summed E-state index contributed by atoms with van der Waals surface area (Å²) in [4.78, 5) is 11.5. The van der Waals surface area contributed by atoms with E-state index in [4.69, 9.17) is 4.98 Å². The minimum Gasteiger partial charge on any atom is -0.348 e. The van der Waals surface area contributed by atoms with Crippen LogP contribution in [0.1, 0.15) is 24.4 Å². The van der Waals surface area contributed by atoms with Crippen LogP contribution in [0.25, 0.3) is 11.0 Å². The lowest BCUT2D eigenvalue weighted by molar-refractivity contribution is 0.624. The zero-order valence-corrected chi connectivity index (χ0v) is 12.1. The molecule has 0 radical (unpaired) electrons. The molecule has 1 saturated heterocycles. The summed E-state index contributed by atoms with van der Waals surface area (Å²) in [5.74, 6) is 0.698. The van der Waals surface area contributed by atoms with Gasteiger partial charge in [-0.2, -0.15) is 0 Å². The molecule has 1 atom stereocenters. The summed E-state index contributed by atoms with van der Waals surface area (Å²) >= 11 is 0. The molecule has 0 amide bonds. The summed E-state index contributed by atoms with van der Waals surface area (Å²) < 4.78 is 13.1. The van der Waals surface area contributed by atoms with Crippen molar-refractivity contribution in [2.45, 2.75) is 18.9 Å². The number of anilines is 1. The van der Waals surface area contributed by atoms with Crippen LogP contribution in [0.15, 0.2) is 54.7 Å². The highest BCUT2D eigenvalue weighted by atomic mass is 19.1. The fourth-order valence-corrected chi connectivity index (χ4v) is 3.16. The molecule has 3 aromatic rings. The molecule has 0 bridgehead atoms. The van der Waals surface area contributed by atoms with Gasteiger partial charge in [-0.3, -0.25) is 4.98 Å². The second-order valence-electron chi connectivity index (χ2n) is 5.62. The number of halogens is 1. The number of hydrogen-bond donors (Lipinski definition) is 0. The van der Waals surface area contributed by atoms with Gasteiger partial charge in [-0.15, -0.1) is 0 Å². The van der Waals surface area contributed by atoms with Crippen molar-refractivity contribution in [3.8, 4) is 0 Å². The van der Waals surface area contributed by atoms with Crippen molar-refractivity contribution >= 4 is 16.9 Å². The SMILES string of the molecule is Fc1ccc(C2CCCN2c2cnc3ccccc3n2)cc1. The predicted molar refractivity (Wildman–Crippen MR) is 85.3 cm³/mol. The Morgan fingerprint density at radius 2 is 1.77 bits per heavy atom. The van der Waals surface area contributed by atoms with Gasteiger partial charge in [-0.1, -0.05) is 24.3 Å². The number of fused-ring (bicyclic) bond motifs is 1. The third-order valence-corrected chi connectivity index (χ3v) is 4.24. The van der Waals surface area contributed by atoms with Crippen LogP contribution in [0, 0.1) is 5.82 Å². The zero-order chi connectivity index (χ0) is 14.9. The lowest BCUT2D eigenvalue weighted by Gasteiger charge is -2.26. The van der Waals surface area contributed by atoms with Gasteiger partial charge in [0.15, 0.2) is 0 Å². The number of benzene rings is 2. The smallest absolute Gasteiger partial charge is 0.148 e. The van der Waals surface area contributed by atoms with E-state index in [1.165, 1.54) is 12.1 Å². The maximum Gasteiger partial charge on any atom is 0.148 e. The molecule has 110 valence electrons. The molecule has 2 aromatic carbocycles. The number of para-hydroxylation sites is 2. The van der Waals surface area contributed by atoms with Crippen LogP contribution in [0.5, 0.6) is 0 Å². The van der Waals surface area contributed by atoms with E-state index in [2.05, 4.69) is 9.88 Å². The van der Waals surface area contributed by atoms with E-state index in [-0.39, 0.29) is 11.9 Å². The summed E-state index contributed by atoms with van der Waals surface area (Å²) in [5, 5.41) is 0. The van der Waals surface area contributed by atoms with Gasteiger partial charge in [0.05, 0.1) is 23.3 Å². The van der Waals surface area contributed by atoms with Crippen LogP contribution < -0.4 is 4.90 Å². The summed E-state index contributed by atoms with van der Waals surface area (Å²) in [5.41, 5.74) is 2.95. The van der Waals surface area contributed by atoms with Crippen LogP contribution in [0.2, 0.25) is 0 Å². The summed E-state index contributed by atoms with van der Waals surface area (Å²) in [7, 11) is 0. The van der Waals surface area contributed by atoms with Crippen LogP contribution in [-0.4, -0.2) is 16.5 Å². The molecule has 4 heteroatoms. The highest BCUT2D eigenvalue weighted by Crippen LogP contribution is 2.35. The number of rotatable bonds is 2. The van der Waals surface area contributed by atoms with Crippen molar-refractivity contribution in [3.05, 3.63) is 66.1 Å². The Hall–Kier alpha value is -2.49. The van der Waals surface area contributed by atoms with Crippen LogP contribution in [-0.2, 0) is 0 Å². The van der Waals surface area contributed by atoms with Gasteiger partial charge in [-0.05, 0) is 42.7 Å². The van der Waals surface area contributed by atoms with Gasteiger partial charge < -0.3 is 4.90 Å². The lowest BCUT2D eigenvalue weighted by Crippen LogP contribution is -2.23. The first-order valence-electron chi connectivity index (χ1n) is 7.55. The van der Waals surface area contributed by atoms with Gasteiger partial charge in [0.25, 0.3) is 0 Å². The molecule has 1 fully saturated rings. The van der Waals surface area contributed by atoms with Gasteiger partial charge in [0.1, 0.15) is 11.6 Å². The summed E-state index contributed by atoms with van der Waals surface area (Å²) in [6, 6.07) is 14.9. The fraction of sp³-hybridized carbons (Fsp3) is 0.222. The highest BCUT2D eigenvalue weighted by molar-refractivity contribution is 5.75. The van der Waals surface area contributed by atoms with Crippen molar-refractivity contribution < 1.29 is 4.39 Å². The second-order valence-corrected chi connectivity index (χ2v) is 5.62. The first kappa shape index (κ1) is 13.2. The molecule has 4 rings (SSSR count). The monoisotopic (exact) mass is 293 g/mol. The summed E-state index contributed by atoms with van der Waals surface area (Å²) in [6.45, 7) is 0.953. The van der Waals surface area contributed by atoms with Crippen molar-refractivity contribution in [1.29, 1.82) is 0 Å². The van der Waals surface area contributed by atoms with E-state index < -0.39 is 0 Å². The third-order valence-electron chi connectivity index (χ3n) is 4.24. The Kier molecular flexibility index (Phi) is 3.22. The quantitative estimate of drug-likeness (QED) is 0.712. The van der Waals surface area contributed by atoms with Crippen molar-refractivity contribution in [2.75, 3.05) is 11.4 Å². The second kappa shape index (κ2) is 5.37. The first-order valence-corrected chi connectivity index (χ1v) is 7.55. The Bertz CT molecular complexity index is 801. The molecule has 1 aliphatic rings. The maximum atomic E-state index is 13.1. The van der Waals surface area contributed by atoms with E-state index in [1.54, 1.807) is 0 Å². The molecule has 22 heavy (non-hydrogen) atoms. The van der Waals surface area contributed by atoms with Crippen molar-refractivity contribution in [1.82, 2.24) is 9.97 Å². The molecule has 1 aromatic heterocycles. The van der Waals surface area contributed by atoms with Crippen LogP contribution >= 0.6 is 0 Å². The van der Waals surface area contributed by atoms with E-state index in [0.29, 0.717) is 0 Å². The highest BCUT2D eigenvalue weighted by Gasteiger charge is 2.27. The molecular weight excluding hydrogens is 277 g/mol. The largest absolute Gasteiger partial charge is 0.348 e. The molecule has 0 N–H and O–H groups in total. The molecule has 0 saturated carbocycles. The minimum absolute atomic E-state index is 0.196. The molecular formula is C18H16FN3. The maximum absolute atomic E-state index is 13.1. The van der Waals surface area contributed by atoms with Gasteiger partial charge in [-0.25, -0.2) is 9.37 Å². The topological polar surface area (TPSA) is 29.0 Å². The Morgan fingerprint density at radius 1 is 1.00 bits per heavy atom. The van der Waals surface area contributed by atoms with E-state index in [1.807, 2.05) is 42.6 Å². The average molecular weight is 293 g/mol. The molecule has 1 unspecified atom stereocenters. The predicted octanol–water partition coefficient (Wildman–Crippen LogP) is 4.11. The molecule has 1 aliphatic heterocycles. The number of nitrogens with zero attached hydrogens (tertiary/aromatic N) is 3. The average Bonchev–Trinajstić information content (AvgIpc) is 3.05. The Labute approximate surface area is 128 Å². The molecule has 2 heterocycles. The van der Waals surface area contributed by atoms with E-state index in [0.717, 1.165) is 41.8 Å². The minimum atomic E-state index is -0.196. The van der Waals surface area contributed by atoms with Crippen LogP contribution in [0.4, 0.5) is 10.2 Å². The normalized spacial score (nSPS) is 18.0. The first-order chi connectivity index (χ1) is 10.8. The fourth-order valence-electron chi connectivity index (χ4n) is 3.16. The van der Waals surface area contributed by atoms with Gasteiger partial charge in [0.2, 0.25) is 0 Å². The zero-order valence-electron chi connectivity index (χ0n) is 12.1. The van der Waals surface area contributed by atoms with Crippen molar-refractivity contribution in [2.24, 2.45) is 0 Å². The standard InChI is InChI=1S/C18H16FN3/c19-14-9-7-13(8-10-14)17-6-3-11-22(17)18-12-20-15-4-1-2-5-16(15)21-18/h1-2,4-5,7-10,12,17H,3,6,11H2. The van der Waals surface area contributed by atoms with Gasteiger partial charge >= 0.3 is 0 Å². The molecule has 0 spiro atoms. The van der Waals surface area contributed by atoms with Crippen molar-refractivity contribution in [3.63, 3.8) is 0 Å². The summed E-state index contributed by atoms with van der Waals surface area (Å²) in [6.07, 6.45) is 4.00. The van der Waals surface area contributed by atoms with Crippen LogP contribution in [0.3, 0.4) is 0 Å². The van der Waals surface area contributed by atoms with E-state index in [9.17, 15) is 4.39 Å². The Balaban J connectivity index is 1.71. The number of aromatic nitrogens is 2. The third kappa shape index (κ3) is 2.30.